The van der Waals surface area contributed by atoms with Crippen LogP contribution in [0.1, 0.15) is 55.1 Å². The summed E-state index contributed by atoms with van der Waals surface area (Å²) in [5.74, 6) is 0.239. The summed E-state index contributed by atoms with van der Waals surface area (Å²) in [7, 11) is 0. The fraction of sp³-hybridized carbons (Fsp3) is 0.455. The van der Waals surface area contributed by atoms with Gasteiger partial charge in [0.1, 0.15) is 0 Å². The zero-order chi connectivity index (χ0) is 19.1. The van der Waals surface area contributed by atoms with Crippen LogP contribution in [-0.2, 0) is 11.2 Å². The van der Waals surface area contributed by atoms with Gasteiger partial charge in [-0.15, -0.1) is 0 Å². The SMILES string of the molecule is CCCCCc1ccc(NC(=O)C2CCN(C(=O)c3ccco3)CC2)cc1. The normalized spacial score (nSPS) is 14.9. The Balaban J connectivity index is 1.46. The number of amides is 2. The second-order valence-corrected chi connectivity index (χ2v) is 7.19. The van der Waals surface area contributed by atoms with Crippen molar-refractivity contribution in [2.24, 2.45) is 5.92 Å². The predicted molar refractivity (Wildman–Crippen MR) is 106 cm³/mol. The lowest BCUT2D eigenvalue weighted by Gasteiger charge is -2.30. The van der Waals surface area contributed by atoms with Crippen LogP contribution in [0.25, 0.3) is 0 Å². The molecule has 1 N–H and O–H groups in total. The number of nitrogens with one attached hydrogen (secondary N) is 1. The van der Waals surface area contributed by atoms with Gasteiger partial charge in [-0.25, -0.2) is 0 Å². The largest absolute Gasteiger partial charge is 0.459 e. The number of furan rings is 1. The van der Waals surface area contributed by atoms with Crippen molar-refractivity contribution in [2.45, 2.75) is 45.4 Å². The topological polar surface area (TPSA) is 62.6 Å². The Hall–Kier alpha value is -2.56. The minimum absolute atomic E-state index is 0.0406. The number of piperidine rings is 1. The van der Waals surface area contributed by atoms with Crippen LogP contribution in [-0.4, -0.2) is 29.8 Å². The van der Waals surface area contributed by atoms with Gasteiger partial charge in [-0.2, -0.15) is 0 Å². The summed E-state index contributed by atoms with van der Waals surface area (Å²) in [6.45, 7) is 3.36. The van der Waals surface area contributed by atoms with Crippen molar-refractivity contribution < 1.29 is 14.0 Å². The molecule has 1 saturated heterocycles. The number of unbranched alkanes of at least 4 members (excludes halogenated alkanes) is 2. The first-order valence-corrected chi connectivity index (χ1v) is 9.90. The van der Waals surface area contributed by atoms with Gasteiger partial charge in [-0.1, -0.05) is 31.9 Å². The molecule has 1 aromatic carbocycles. The Morgan fingerprint density at radius 3 is 2.48 bits per heavy atom. The fourth-order valence-corrected chi connectivity index (χ4v) is 3.48. The Bertz CT molecular complexity index is 729. The number of carbonyl (C=O) groups excluding carboxylic acids is 2. The molecule has 1 aromatic heterocycles. The zero-order valence-corrected chi connectivity index (χ0v) is 15.9. The molecule has 3 rings (SSSR count). The van der Waals surface area contributed by atoms with E-state index >= 15 is 0 Å². The van der Waals surface area contributed by atoms with E-state index < -0.39 is 0 Å². The van der Waals surface area contributed by atoms with E-state index in [0.29, 0.717) is 31.7 Å². The predicted octanol–water partition coefficient (Wildman–Crippen LogP) is 4.50. The number of carbonyl (C=O) groups is 2. The van der Waals surface area contributed by atoms with Gasteiger partial charge in [-0.05, 0) is 55.5 Å². The lowest BCUT2D eigenvalue weighted by atomic mass is 9.95. The van der Waals surface area contributed by atoms with Crippen molar-refractivity contribution >= 4 is 17.5 Å². The molecule has 27 heavy (non-hydrogen) atoms. The summed E-state index contributed by atoms with van der Waals surface area (Å²) in [6.07, 6.45) is 7.62. The third-order valence-corrected chi connectivity index (χ3v) is 5.18. The molecular weight excluding hydrogens is 340 g/mol. The maximum Gasteiger partial charge on any atom is 0.289 e. The highest BCUT2D eigenvalue weighted by atomic mass is 16.3. The zero-order valence-electron chi connectivity index (χ0n) is 15.9. The lowest BCUT2D eigenvalue weighted by molar-refractivity contribution is -0.121. The van der Waals surface area contributed by atoms with Crippen LogP contribution in [0.5, 0.6) is 0 Å². The Morgan fingerprint density at radius 1 is 1.11 bits per heavy atom. The highest BCUT2D eigenvalue weighted by Crippen LogP contribution is 2.21. The number of anilines is 1. The smallest absolute Gasteiger partial charge is 0.289 e. The molecule has 1 aliphatic heterocycles. The van der Waals surface area contributed by atoms with Gasteiger partial charge in [-0.3, -0.25) is 9.59 Å². The molecule has 0 unspecified atom stereocenters. The minimum atomic E-state index is -0.0995. The third kappa shape index (κ3) is 5.22. The molecule has 1 fully saturated rings. The molecular formula is C22H28N2O3. The maximum absolute atomic E-state index is 12.5. The maximum atomic E-state index is 12.5. The van der Waals surface area contributed by atoms with E-state index in [0.717, 1.165) is 12.1 Å². The molecule has 144 valence electrons. The lowest BCUT2D eigenvalue weighted by Crippen LogP contribution is -2.41. The van der Waals surface area contributed by atoms with Crippen molar-refractivity contribution in [3.8, 4) is 0 Å². The molecule has 0 atom stereocenters. The second-order valence-electron chi connectivity index (χ2n) is 7.19. The standard InChI is InChI=1S/C22H28N2O3/c1-2-3-4-6-17-8-10-19(11-9-17)23-21(25)18-12-14-24(15-13-18)22(26)20-7-5-16-27-20/h5,7-11,16,18H,2-4,6,12-15H2,1H3,(H,23,25). The Morgan fingerprint density at radius 2 is 1.85 bits per heavy atom. The van der Waals surface area contributed by atoms with Gasteiger partial charge >= 0.3 is 0 Å². The van der Waals surface area contributed by atoms with E-state index in [2.05, 4.69) is 24.4 Å². The number of nitrogens with zero attached hydrogens (tertiary/aromatic N) is 1. The van der Waals surface area contributed by atoms with E-state index in [4.69, 9.17) is 4.42 Å². The molecule has 2 aromatic rings. The molecule has 1 aliphatic rings. The summed E-state index contributed by atoms with van der Waals surface area (Å²) in [5.41, 5.74) is 2.15. The van der Waals surface area contributed by atoms with Gasteiger partial charge in [0.2, 0.25) is 5.91 Å². The summed E-state index contributed by atoms with van der Waals surface area (Å²) in [6, 6.07) is 11.5. The quantitative estimate of drug-likeness (QED) is 0.732. The average molecular weight is 368 g/mol. The van der Waals surface area contributed by atoms with Gasteiger partial charge in [0.15, 0.2) is 5.76 Å². The third-order valence-electron chi connectivity index (χ3n) is 5.18. The second kappa shape index (κ2) is 9.40. The van der Waals surface area contributed by atoms with Crippen LogP contribution in [0.3, 0.4) is 0 Å². The molecule has 2 amide bonds. The molecule has 5 nitrogen and oxygen atoms in total. The first-order chi connectivity index (χ1) is 13.2. The number of hydrogen-bond donors (Lipinski definition) is 1. The van der Waals surface area contributed by atoms with E-state index in [1.54, 1.807) is 17.0 Å². The van der Waals surface area contributed by atoms with Crippen LogP contribution >= 0.6 is 0 Å². The van der Waals surface area contributed by atoms with Crippen LogP contribution in [0, 0.1) is 5.92 Å². The monoisotopic (exact) mass is 368 g/mol. The number of likely N-dealkylation sites (tertiary alicyclic amines) is 1. The van der Waals surface area contributed by atoms with Crippen molar-refractivity contribution in [1.82, 2.24) is 4.90 Å². The van der Waals surface area contributed by atoms with Crippen LogP contribution in [0.2, 0.25) is 0 Å². The summed E-state index contributed by atoms with van der Waals surface area (Å²) in [4.78, 5) is 26.6. The number of aryl methyl sites for hydroxylation is 1. The first-order valence-electron chi connectivity index (χ1n) is 9.90. The summed E-state index contributed by atoms with van der Waals surface area (Å²) >= 11 is 0. The molecule has 2 heterocycles. The van der Waals surface area contributed by atoms with Crippen LogP contribution in [0.4, 0.5) is 5.69 Å². The van der Waals surface area contributed by atoms with Gasteiger partial charge in [0, 0.05) is 24.7 Å². The summed E-state index contributed by atoms with van der Waals surface area (Å²) < 4.78 is 5.17. The highest BCUT2D eigenvalue weighted by Gasteiger charge is 2.28. The molecule has 0 saturated carbocycles. The van der Waals surface area contributed by atoms with E-state index in [1.807, 2.05) is 12.1 Å². The molecule has 0 spiro atoms. The van der Waals surface area contributed by atoms with Gasteiger partial charge in [0.25, 0.3) is 5.91 Å². The van der Waals surface area contributed by atoms with Crippen molar-refractivity contribution in [2.75, 3.05) is 18.4 Å². The fourth-order valence-electron chi connectivity index (χ4n) is 3.48. The number of benzene rings is 1. The first kappa shape index (κ1) is 19.2. The van der Waals surface area contributed by atoms with Crippen molar-refractivity contribution in [3.05, 3.63) is 54.0 Å². The number of rotatable bonds is 7. The van der Waals surface area contributed by atoms with E-state index in [1.165, 1.54) is 31.1 Å². The van der Waals surface area contributed by atoms with E-state index in [-0.39, 0.29) is 17.7 Å². The van der Waals surface area contributed by atoms with Gasteiger partial charge in [0.05, 0.1) is 6.26 Å². The minimum Gasteiger partial charge on any atom is -0.459 e. The summed E-state index contributed by atoms with van der Waals surface area (Å²) in [5, 5.41) is 3.02. The molecule has 0 radical (unpaired) electrons. The van der Waals surface area contributed by atoms with E-state index in [9.17, 15) is 9.59 Å². The number of hydrogen-bond acceptors (Lipinski definition) is 3. The Kier molecular flexibility index (Phi) is 6.69. The molecule has 0 bridgehead atoms. The van der Waals surface area contributed by atoms with Crippen LogP contribution < -0.4 is 5.32 Å². The van der Waals surface area contributed by atoms with Crippen LogP contribution in [0.15, 0.2) is 47.1 Å². The highest BCUT2D eigenvalue weighted by molar-refractivity contribution is 5.94. The van der Waals surface area contributed by atoms with Gasteiger partial charge < -0.3 is 14.6 Å². The average Bonchev–Trinajstić information content (AvgIpc) is 3.24. The molecule has 0 aliphatic carbocycles. The molecule has 5 heteroatoms. The van der Waals surface area contributed by atoms with Crippen molar-refractivity contribution in [1.29, 1.82) is 0 Å². The Labute approximate surface area is 160 Å². The van der Waals surface area contributed by atoms with Crippen molar-refractivity contribution in [3.63, 3.8) is 0 Å².